The molecule has 160 valence electrons. The Morgan fingerprint density at radius 3 is 2.87 bits per heavy atom. The number of carbonyl (C=O) groups is 1. The fourth-order valence-electron chi connectivity index (χ4n) is 3.06. The highest BCUT2D eigenvalue weighted by Gasteiger charge is 2.24. The molecule has 0 saturated heterocycles. The van der Waals surface area contributed by atoms with Gasteiger partial charge in [-0.25, -0.2) is 9.78 Å². The number of rotatable bonds is 6. The van der Waals surface area contributed by atoms with Gasteiger partial charge in [0.1, 0.15) is 29.3 Å². The molecule has 0 fully saturated rings. The predicted molar refractivity (Wildman–Crippen MR) is 118 cm³/mol. The number of ether oxygens (including phenoxy) is 1. The van der Waals surface area contributed by atoms with Crippen LogP contribution in [-0.4, -0.2) is 37.3 Å². The molecule has 2 N–H and O–H groups in total. The lowest BCUT2D eigenvalue weighted by Crippen LogP contribution is -2.07. The van der Waals surface area contributed by atoms with Crippen molar-refractivity contribution in [2.75, 3.05) is 12.3 Å². The summed E-state index contributed by atoms with van der Waals surface area (Å²) in [6.45, 7) is 5.58. The number of nitrogens with zero attached hydrogens (tertiary/aromatic N) is 5. The molecule has 0 amide bonds. The highest BCUT2D eigenvalue weighted by atomic mass is 35.5. The number of benzene rings is 1. The largest absolute Gasteiger partial charge is 0.462 e. The van der Waals surface area contributed by atoms with Crippen LogP contribution in [0.1, 0.15) is 34.4 Å². The lowest BCUT2D eigenvalue weighted by molar-refractivity contribution is 0.0526. The van der Waals surface area contributed by atoms with Gasteiger partial charge in [-0.05, 0) is 38.5 Å². The Morgan fingerprint density at radius 2 is 2.13 bits per heavy atom. The number of aromatic nitrogens is 5. The molecule has 9 nitrogen and oxygen atoms in total. The van der Waals surface area contributed by atoms with Gasteiger partial charge in [0.15, 0.2) is 5.16 Å². The number of thioether (sulfide) groups is 1. The Hall–Kier alpha value is -3.11. The van der Waals surface area contributed by atoms with E-state index in [2.05, 4.69) is 20.2 Å². The quantitative estimate of drug-likeness (QED) is 0.335. The summed E-state index contributed by atoms with van der Waals surface area (Å²) >= 11 is 7.63. The number of halogens is 1. The molecular weight excluding hydrogens is 440 g/mol. The van der Waals surface area contributed by atoms with Gasteiger partial charge in [-0.15, -0.1) is 10.2 Å². The number of aryl methyl sites for hydroxylation is 2. The Bertz CT molecular complexity index is 1290. The highest BCUT2D eigenvalue weighted by Crippen LogP contribution is 2.31. The van der Waals surface area contributed by atoms with Crippen LogP contribution in [0.3, 0.4) is 0 Å². The van der Waals surface area contributed by atoms with Gasteiger partial charge >= 0.3 is 5.97 Å². The molecule has 0 radical (unpaired) electrons. The molecule has 4 rings (SSSR count). The first-order valence-corrected chi connectivity index (χ1v) is 10.8. The molecule has 0 atom stereocenters. The van der Waals surface area contributed by atoms with Crippen molar-refractivity contribution in [2.24, 2.45) is 0 Å². The van der Waals surface area contributed by atoms with Gasteiger partial charge in [0, 0.05) is 5.02 Å². The van der Waals surface area contributed by atoms with Crippen molar-refractivity contribution in [1.82, 2.24) is 24.7 Å². The third kappa shape index (κ3) is 4.08. The minimum absolute atomic E-state index is 0.160. The summed E-state index contributed by atoms with van der Waals surface area (Å²) in [4.78, 5) is 21.0. The van der Waals surface area contributed by atoms with Gasteiger partial charge in [-0.2, -0.15) is 4.98 Å². The van der Waals surface area contributed by atoms with Gasteiger partial charge in [-0.1, -0.05) is 29.4 Å². The van der Waals surface area contributed by atoms with Crippen LogP contribution in [0.25, 0.3) is 16.8 Å². The van der Waals surface area contributed by atoms with E-state index in [1.165, 1.54) is 11.8 Å². The number of nitrogens with two attached hydrogens (primary N) is 1. The number of anilines is 1. The number of furan rings is 1. The molecule has 31 heavy (non-hydrogen) atoms. The lowest BCUT2D eigenvalue weighted by Gasteiger charge is -2.08. The highest BCUT2D eigenvalue weighted by molar-refractivity contribution is 7.98. The SMILES string of the molecule is CCOC(=O)c1c(C)oc2nc(CSc3nncn3-c3ccc(C)c(Cl)c3)nc(N)c12. The number of hydrogen-bond donors (Lipinski definition) is 1. The average Bonchev–Trinajstić information content (AvgIpc) is 3.32. The maximum atomic E-state index is 12.3. The van der Waals surface area contributed by atoms with E-state index >= 15 is 0 Å². The number of nitrogen functional groups attached to an aromatic ring is 1. The van der Waals surface area contributed by atoms with Crippen LogP contribution in [0.4, 0.5) is 5.82 Å². The number of fused-ring (bicyclic) bond motifs is 1. The molecule has 3 heterocycles. The normalized spacial score (nSPS) is 11.2. The zero-order chi connectivity index (χ0) is 22.1. The first-order chi connectivity index (χ1) is 14.9. The maximum absolute atomic E-state index is 12.3. The van der Waals surface area contributed by atoms with Crippen LogP contribution in [0.2, 0.25) is 5.02 Å². The summed E-state index contributed by atoms with van der Waals surface area (Å²) in [7, 11) is 0. The summed E-state index contributed by atoms with van der Waals surface area (Å²) in [5.41, 5.74) is 8.46. The molecule has 1 aromatic carbocycles. The van der Waals surface area contributed by atoms with Crippen molar-refractivity contribution >= 4 is 46.2 Å². The number of carbonyl (C=O) groups excluding carboxylic acids is 1. The second-order valence-corrected chi connectivity index (χ2v) is 8.01. The molecule has 0 unspecified atom stereocenters. The summed E-state index contributed by atoms with van der Waals surface area (Å²) < 4.78 is 12.6. The van der Waals surface area contributed by atoms with E-state index in [0.29, 0.717) is 32.9 Å². The fraction of sp³-hybridized carbons (Fsp3) is 0.250. The van der Waals surface area contributed by atoms with Crippen LogP contribution in [-0.2, 0) is 10.5 Å². The molecular formula is C20H19ClN6O3S. The Balaban J connectivity index is 1.60. The molecule has 0 saturated carbocycles. The maximum Gasteiger partial charge on any atom is 0.342 e. The van der Waals surface area contributed by atoms with Gasteiger partial charge in [0.05, 0.1) is 23.4 Å². The van der Waals surface area contributed by atoms with Gasteiger partial charge in [0.25, 0.3) is 0 Å². The van der Waals surface area contributed by atoms with Crippen molar-refractivity contribution in [3.8, 4) is 5.69 Å². The van der Waals surface area contributed by atoms with Crippen LogP contribution < -0.4 is 5.73 Å². The van der Waals surface area contributed by atoms with E-state index in [-0.39, 0.29) is 23.7 Å². The standard InChI is InChI=1S/C20H19ClN6O3S/c1-4-29-19(28)15-11(3)30-18-16(15)17(22)24-14(25-18)8-31-20-26-23-9-27(20)12-6-5-10(2)13(21)7-12/h5-7,9H,4,8H2,1-3H3,(H2,22,24,25). The minimum atomic E-state index is -0.513. The van der Waals surface area contributed by atoms with E-state index in [1.54, 1.807) is 20.2 Å². The van der Waals surface area contributed by atoms with Crippen LogP contribution >= 0.6 is 23.4 Å². The van der Waals surface area contributed by atoms with Crippen molar-refractivity contribution in [1.29, 1.82) is 0 Å². The predicted octanol–water partition coefficient (Wildman–Crippen LogP) is 4.12. The summed E-state index contributed by atoms with van der Waals surface area (Å²) in [6.07, 6.45) is 1.61. The molecule has 0 aliphatic carbocycles. The molecule has 4 aromatic rings. The number of esters is 1. The molecule has 0 bridgehead atoms. The van der Waals surface area contributed by atoms with Crippen LogP contribution in [0.15, 0.2) is 34.1 Å². The molecule has 11 heteroatoms. The van der Waals surface area contributed by atoms with E-state index < -0.39 is 5.97 Å². The fourth-order valence-corrected chi connectivity index (χ4v) is 4.02. The monoisotopic (exact) mass is 458 g/mol. The molecule has 0 aliphatic rings. The van der Waals surface area contributed by atoms with E-state index in [0.717, 1.165) is 11.3 Å². The second kappa shape index (κ2) is 8.56. The van der Waals surface area contributed by atoms with Crippen molar-refractivity contribution < 1.29 is 13.9 Å². The van der Waals surface area contributed by atoms with E-state index in [4.69, 9.17) is 26.5 Å². The lowest BCUT2D eigenvalue weighted by atomic mass is 10.2. The zero-order valence-electron chi connectivity index (χ0n) is 17.0. The van der Waals surface area contributed by atoms with Gasteiger partial charge in [-0.3, -0.25) is 4.57 Å². The topological polar surface area (TPSA) is 122 Å². The first kappa shape index (κ1) is 21.1. The first-order valence-electron chi connectivity index (χ1n) is 9.41. The summed E-state index contributed by atoms with van der Waals surface area (Å²) in [5, 5.41) is 9.83. The third-order valence-electron chi connectivity index (χ3n) is 4.56. The minimum Gasteiger partial charge on any atom is -0.462 e. The van der Waals surface area contributed by atoms with E-state index in [1.807, 2.05) is 29.7 Å². The van der Waals surface area contributed by atoms with Crippen molar-refractivity contribution in [2.45, 2.75) is 31.7 Å². The smallest absolute Gasteiger partial charge is 0.342 e. The van der Waals surface area contributed by atoms with Gasteiger partial charge < -0.3 is 14.9 Å². The summed E-state index contributed by atoms with van der Waals surface area (Å²) in [6, 6.07) is 5.73. The van der Waals surface area contributed by atoms with Crippen LogP contribution in [0, 0.1) is 13.8 Å². The third-order valence-corrected chi connectivity index (χ3v) is 5.91. The van der Waals surface area contributed by atoms with Crippen LogP contribution in [0.5, 0.6) is 0 Å². The Morgan fingerprint density at radius 1 is 1.32 bits per heavy atom. The number of hydrogen-bond acceptors (Lipinski definition) is 9. The molecule has 0 aliphatic heterocycles. The Kier molecular flexibility index (Phi) is 5.84. The molecule has 3 aromatic heterocycles. The second-order valence-electron chi connectivity index (χ2n) is 6.66. The average molecular weight is 459 g/mol. The molecule has 0 spiro atoms. The zero-order valence-corrected chi connectivity index (χ0v) is 18.6. The Labute approximate surface area is 187 Å². The summed E-state index contributed by atoms with van der Waals surface area (Å²) in [5.74, 6) is 0.839. The van der Waals surface area contributed by atoms with E-state index in [9.17, 15) is 4.79 Å². The van der Waals surface area contributed by atoms with Crippen molar-refractivity contribution in [3.63, 3.8) is 0 Å². The van der Waals surface area contributed by atoms with Gasteiger partial charge in [0.2, 0.25) is 5.71 Å². The van der Waals surface area contributed by atoms with Crippen molar-refractivity contribution in [3.05, 3.63) is 52.3 Å².